The van der Waals surface area contributed by atoms with E-state index in [1.54, 1.807) is 31.2 Å². The molecule has 0 N–H and O–H groups in total. The van der Waals surface area contributed by atoms with Crippen LogP contribution in [0.15, 0.2) is 60.5 Å². The third-order valence-electron chi connectivity index (χ3n) is 3.88. The zero-order chi connectivity index (χ0) is 16.0. The number of rotatable bonds is 6. The third kappa shape index (κ3) is 3.36. The van der Waals surface area contributed by atoms with E-state index in [0.29, 0.717) is 30.6 Å². The third-order valence-corrected chi connectivity index (χ3v) is 3.88. The van der Waals surface area contributed by atoms with Crippen LogP contribution in [-0.2, 0) is 4.74 Å². The van der Waals surface area contributed by atoms with E-state index in [2.05, 4.69) is 0 Å². The van der Waals surface area contributed by atoms with Crippen LogP contribution < -0.4 is 0 Å². The summed E-state index contributed by atoms with van der Waals surface area (Å²) in [6, 6.07) is 9.03. The van der Waals surface area contributed by atoms with Gasteiger partial charge >= 0.3 is 0 Å². The van der Waals surface area contributed by atoms with Crippen molar-refractivity contribution in [1.82, 2.24) is 0 Å². The van der Waals surface area contributed by atoms with Crippen LogP contribution in [-0.4, -0.2) is 18.4 Å². The van der Waals surface area contributed by atoms with Gasteiger partial charge in [0, 0.05) is 12.2 Å². The fourth-order valence-corrected chi connectivity index (χ4v) is 2.74. The van der Waals surface area contributed by atoms with Gasteiger partial charge in [-0.2, -0.15) is 0 Å². The standard InChI is InChI=1S/C19H22F2O/c1-3-5-9-13-19(22-4-2)14-12-16(17(20)18(19)21)15-10-7-6-8-11-15/h3,5-8,10-12,14,18H,4,9,13H2,1-2H3/b5-3+. The van der Waals surface area contributed by atoms with Gasteiger partial charge in [-0.3, -0.25) is 0 Å². The van der Waals surface area contributed by atoms with Crippen LogP contribution >= 0.6 is 0 Å². The van der Waals surface area contributed by atoms with E-state index in [1.165, 1.54) is 0 Å². The molecule has 118 valence electrons. The average Bonchev–Trinajstić information content (AvgIpc) is 2.54. The van der Waals surface area contributed by atoms with E-state index in [9.17, 15) is 8.78 Å². The van der Waals surface area contributed by atoms with Crippen molar-refractivity contribution in [2.24, 2.45) is 0 Å². The zero-order valence-electron chi connectivity index (χ0n) is 13.1. The molecule has 0 aliphatic heterocycles. The lowest BCUT2D eigenvalue weighted by Gasteiger charge is -2.36. The maximum absolute atomic E-state index is 14.8. The number of ether oxygens (including phenoxy) is 1. The van der Waals surface area contributed by atoms with Crippen molar-refractivity contribution in [2.45, 2.75) is 38.5 Å². The first kappa shape index (κ1) is 16.6. The minimum absolute atomic E-state index is 0.300. The number of benzene rings is 1. The minimum Gasteiger partial charge on any atom is -0.368 e. The molecular formula is C19H22F2O. The van der Waals surface area contributed by atoms with Crippen molar-refractivity contribution in [3.05, 3.63) is 66.0 Å². The molecule has 3 heteroatoms. The number of allylic oxidation sites excluding steroid dienone is 4. The van der Waals surface area contributed by atoms with Crippen LogP contribution in [0.25, 0.3) is 5.57 Å². The van der Waals surface area contributed by atoms with Crippen LogP contribution in [0.1, 0.15) is 32.3 Å². The predicted octanol–water partition coefficient (Wildman–Crippen LogP) is 5.41. The second kappa shape index (κ2) is 7.50. The molecule has 0 fully saturated rings. The minimum atomic E-state index is -1.78. The molecule has 0 saturated carbocycles. The first-order valence-corrected chi connectivity index (χ1v) is 7.68. The normalized spacial score (nSPS) is 25.2. The summed E-state index contributed by atoms with van der Waals surface area (Å²) in [4.78, 5) is 0. The summed E-state index contributed by atoms with van der Waals surface area (Å²) in [6.07, 6.45) is 6.45. The Morgan fingerprint density at radius 2 is 2.00 bits per heavy atom. The fraction of sp³-hybridized carbons (Fsp3) is 0.368. The Morgan fingerprint density at radius 1 is 1.27 bits per heavy atom. The highest BCUT2D eigenvalue weighted by molar-refractivity contribution is 5.78. The molecule has 0 bridgehead atoms. The zero-order valence-corrected chi connectivity index (χ0v) is 13.1. The highest BCUT2D eigenvalue weighted by atomic mass is 19.2. The number of hydrogen-bond donors (Lipinski definition) is 0. The molecule has 0 amide bonds. The maximum Gasteiger partial charge on any atom is 0.184 e. The summed E-state index contributed by atoms with van der Waals surface area (Å²) in [5.74, 6) is -0.748. The van der Waals surface area contributed by atoms with E-state index < -0.39 is 17.6 Å². The van der Waals surface area contributed by atoms with Gasteiger partial charge in [0.25, 0.3) is 0 Å². The molecule has 1 nitrogen and oxygen atoms in total. The number of alkyl halides is 1. The van der Waals surface area contributed by atoms with Gasteiger partial charge in [0.2, 0.25) is 0 Å². The molecule has 0 radical (unpaired) electrons. The van der Waals surface area contributed by atoms with Crippen molar-refractivity contribution in [2.75, 3.05) is 6.61 Å². The van der Waals surface area contributed by atoms with Gasteiger partial charge in [0.1, 0.15) is 11.4 Å². The molecule has 1 aliphatic carbocycles. The summed E-state index contributed by atoms with van der Waals surface area (Å²) in [7, 11) is 0. The van der Waals surface area contributed by atoms with Crippen molar-refractivity contribution >= 4 is 5.57 Å². The number of hydrogen-bond acceptors (Lipinski definition) is 1. The van der Waals surface area contributed by atoms with Crippen molar-refractivity contribution in [3.8, 4) is 0 Å². The van der Waals surface area contributed by atoms with Gasteiger partial charge < -0.3 is 4.74 Å². The Bertz CT molecular complexity index is 574. The second-order valence-electron chi connectivity index (χ2n) is 5.32. The molecule has 0 spiro atoms. The first-order valence-electron chi connectivity index (χ1n) is 7.68. The van der Waals surface area contributed by atoms with Crippen LogP contribution in [0, 0.1) is 0 Å². The van der Waals surface area contributed by atoms with Gasteiger partial charge in [0.15, 0.2) is 6.17 Å². The maximum atomic E-state index is 14.8. The van der Waals surface area contributed by atoms with Crippen LogP contribution in [0.5, 0.6) is 0 Å². The molecule has 1 aromatic rings. The van der Waals surface area contributed by atoms with Crippen molar-refractivity contribution < 1.29 is 13.5 Å². The molecule has 1 aromatic carbocycles. The molecular weight excluding hydrogens is 282 g/mol. The molecule has 22 heavy (non-hydrogen) atoms. The summed E-state index contributed by atoms with van der Waals surface area (Å²) < 4.78 is 35.0. The lowest BCUT2D eigenvalue weighted by Crippen LogP contribution is -2.43. The van der Waals surface area contributed by atoms with E-state index >= 15 is 0 Å². The Morgan fingerprint density at radius 3 is 2.64 bits per heavy atom. The van der Waals surface area contributed by atoms with Gasteiger partial charge in [-0.25, -0.2) is 8.78 Å². The molecule has 0 aromatic heterocycles. The average molecular weight is 304 g/mol. The largest absolute Gasteiger partial charge is 0.368 e. The van der Waals surface area contributed by atoms with Crippen LogP contribution in [0.4, 0.5) is 8.78 Å². The summed E-state index contributed by atoms with van der Waals surface area (Å²) in [5.41, 5.74) is -0.233. The Balaban J connectivity index is 2.31. The lowest BCUT2D eigenvalue weighted by atomic mass is 9.83. The molecule has 2 unspecified atom stereocenters. The van der Waals surface area contributed by atoms with Gasteiger partial charge in [-0.15, -0.1) is 0 Å². The van der Waals surface area contributed by atoms with Crippen molar-refractivity contribution in [3.63, 3.8) is 0 Å². The molecule has 2 rings (SSSR count). The van der Waals surface area contributed by atoms with Gasteiger partial charge in [-0.1, -0.05) is 48.6 Å². The highest BCUT2D eigenvalue weighted by Crippen LogP contribution is 2.40. The van der Waals surface area contributed by atoms with Crippen LogP contribution in [0.3, 0.4) is 0 Å². The monoisotopic (exact) mass is 304 g/mol. The highest BCUT2D eigenvalue weighted by Gasteiger charge is 2.43. The van der Waals surface area contributed by atoms with E-state index in [4.69, 9.17) is 4.74 Å². The topological polar surface area (TPSA) is 9.23 Å². The Labute approximate surface area is 131 Å². The summed E-state index contributed by atoms with van der Waals surface area (Å²) >= 11 is 0. The van der Waals surface area contributed by atoms with Gasteiger partial charge in [0.05, 0.1) is 0 Å². The summed E-state index contributed by atoms with van der Waals surface area (Å²) in [5, 5.41) is 0. The Kier molecular flexibility index (Phi) is 5.67. The quantitative estimate of drug-likeness (QED) is 0.639. The Hall–Kier alpha value is -1.74. The van der Waals surface area contributed by atoms with Crippen LogP contribution in [0.2, 0.25) is 0 Å². The molecule has 1 aliphatic rings. The van der Waals surface area contributed by atoms with E-state index in [0.717, 1.165) is 0 Å². The SMILES string of the molecule is C/C=C/CCC1(OCC)C=CC(c2ccccc2)=C(F)C1F. The molecule has 0 saturated heterocycles. The second-order valence-corrected chi connectivity index (χ2v) is 5.32. The molecule has 0 heterocycles. The fourth-order valence-electron chi connectivity index (χ4n) is 2.74. The lowest BCUT2D eigenvalue weighted by molar-refractivity contribution is -0.0566. The van der Waals surface area contributed by atoms with Crippen molar-refractivity contribution in [1.29, 1.82) is 0 Å². The first-order chi connectivity index (χ1) is 10.6. The smallest absolute Gasteiger partial charge is 0.184 e. The van der Waals surface area contributed by atoms with E-state index in [1.807, 2.05) is 37.3 Å². The number of halogens is 2. The van der Waals surface area contributed by atoms with Gasteiger partial charge in [-0.05, 0) is 38.3 Å². The summed E-state index contributed by atoms with van der Waals surface area (Å²) in [6.45, 7) is 4.05. The molecule has 2 atom stereocenters. The van der Waals surface area contributed by atoms with E-state index in [-0.39, 0.29) is 0 Å². The predicted molar refractivity (Wildman–Crippen MR) is 86.9 cm³/mol.